The summed E-state index contributed by atoms with van der Waals surface area (Å²) >= 11 is 1.57. The molecule has 0 unspecified atom stereocenters. The summed E-state index contributed by atoms with van der Waals surface area (Å²) < 4.78 is 1.64. The Labute approximate surface area is 206 Å². The lowest BCUT2D eigenvalue weighted by Crippen LogP contribution is -2.39. The van der Waals surface area contributed by atoms with Gasteiger partial charge in [0.1, 0.15) is 0 Å². The van der Waals surface area contributed by atoms with Crippen molar-refractivity contribution in [2.75, 3.05) is 18.4 Å². The standard InChI is InChI=1S/C26H25N5O3S/c32-24(23-4-2-14-35-23)18-9-12-30(13-10-18)26(34)19-5-7-22(8-6-19)31-17-21(16-28-31)29-25(33)20-3-1-11-27-15-20/h1-8,11,14-18,24,32H,9-10,12-13H2,(H,29,33)/t24-/m1/s1. The van der Waals surface area contributed by atoms with Gasteiger partial charge in [0.2, 0.25) is 0 Å². The SMILES string of the molecule is O=C(Nc1cnn(-c2ccc(C(=O)N3CCC([C@@H](O)c4cccs4)CC3)cc2)c1)c1cccnc1. The summed E-state index contributed by atoms with van der Waals surface area (Å²) in [5.41, 5.74) is 2.42. The molecule has 1 atom stereocenters. The maximum absolute atomic E-state index is 13.0. The van der Waals surface area contributed by atoms with Crippen LogP contribution in [0.15, 0.2) is 78.7 Å². The summed E-state index contributed by atoms with van der Waals surface area (Å²) in [4.78, 5) is 32.1. The van der Waals surface area contributed by atoms with Crippen molar-refractivity contribution < 1.29 is 14.7 Å². The van der Waals surface area contributed by atoms with Crippen molar-refractivity contribution in [3.05, 3.63) is 94.7 Å². The topological polar surface area (TPSA) is 100 Å². The highest BCUT2D eigenvalue weighted by molar-refractivity contribution is 7.10. The number of pyridine rings is 1. The van der Waals surface area contributed by atoms with Crippen LogP contribution in [0.25, 0.3) is 5.69 Å². The van der Waals surface area contributed by atoms with Crippen LogP contribution >= 0.6 is 11.3 Å². The first kappa shape index (κ1) is 22.9. The molecule has 3 aromatic heterocycles. The van der Waals surface area contributed by atoms with Crippen LogP contribution in [0.3, 0.4) is 0 Å². The summed E-state index contributed by atoms with van der Waals surface area (Å²) in [6.45, 7) is 1.26. The van der Waals surface area contributed by atoms with Crippen LogP contribution in [0.1, 0.15) is 44.5 Å². The van der Waals surface area contributed by atoms with Crippen molar-refractivity contribution in [3.63, 3.8) is 0 Å². The largest absolute Gasteiger partial charge is 0.387 e. The maximum atomic E-state index is 13.0. The molecular formula is C26H25N5O3S. The zero-order valence-corrected chi connectivity index (χ0v) is 19.8. The number of likely N-dealkylation sites (tertiary alicyclic amines) is 1. The fourth-order valence-corrected chi connectivity index (χ4v) is 5.08. The number of anilines is 1. The predicted molar refractivity (Wildman–Crippen MR) is 134 cm³/mol. The van der Waals surface area contributed by atoms with E-state index in [9.17, 15) is 14.7 Å². The second-order valence-electron chi connectivity index (χ2n) is 8.51. The number of carbonyl (C=O) groups excluding carboxylic acids is 2. The molecule has 0 bridgehead atoms. The number of carbonyl (C=O) groups is 2. The van der Waals surface area contributed by atoms with Crippen molar-refractivity contribution in [1.82, 2.24) is 19.7 Å². The second kappa shape index (κ2) is 10.2. The number of rotatable bonds is 6. The van der Waals surface area contributed by atoms with E-state index in [1.807, 2.05) is 34.5 Å². The molecule has 2 N–H and O–H groups in total. The number of hydrogen-bond donors (Lipinski definition) is 2. The first-order valence-electron chi connectivity index (χ1n) is 11.5. The van der Waals surface area contributed by atoms with Gasteiger partial charge in [-0.15, -0.1) is 11.3 Å². The third-order valence-corrected chi connectivity index (χ3v) is 7.19. The number of nitrogens with one attached hydrogen (secondary N) is 1. The van der Waals surface area contributed by atoms with Crippen LogP contribution < -0.4 is 5.32 Å². The summed E-state index contributed by atoms with van der Waals surface area (Å²) in [6, 6.07) is 14.6. The number of nitrogens with zero attached hydrogens (tertiary/aromatic N) is 4. The second-order valence-corrected chi connectivity index (χ2v) is 9.49. The zero-order chi connectivity index (χ0) is 24.2. The normalized spacial score (nSPS) is 15.1. The molecule has 1 aliphatic rings. The lowest BCUT2D eigenvalue weighted by molar-refractivity contribution is 0.0474. The molecule has 9 heteroatoms. The van der Waals surface area contributed by atoms with Gasteiger partial charge >= 0.3 is 0 Å². The summed E-state index contributed by atoms with van der Waals surface area (Å²) in [7, 11) is 0. The zero-order valence-electron chi connectivity index (χ0n) is 18.9. The number of aromatic nitrogens is 3. The molecule has 0 radical (unpaired) electrons. The van der Waals surface area contributed by atoms with Crippen LogP contribution in [0.5, 0.6) is 0 Å². The van der Waals surface area contributed by atoms with Gasteiger partial charge in [-0.05, 0) is 66.6 Å². The highest BCUT2D eigenvalue weighted by Gasteiger charge is 2.29. The molecule has 1 aromatic carbocycles. The van der Waals surface area contributed by atoms with E-state index in [-0.39, 0.29) is 17.7 Å². The lowest BCUT2D eigenvalue weighted by Gasteiger charge is -2.34. The van der Waals surface area contributed by atoms with E-state index >= 15 is 0 Å². The minimum Gasteiger partial charge on any atom is -0.387 e. The number of hydrogen-bond acceptors (Lipinski definition) is 6. The van der Waals surface area contributed by atoms with E-state index < -0.39 is 6.10 Å². The van der Waals surface area contributed by atoms with Crippen LogP contribution in [0.2, 0.25) is 0 Å². The monoisotopic (exact) mass is 487 g/mol. The van der Waals surface area contributed by atoms with Crippen LogP contribution in [0, 0.1) is 5.92 Å². The minimum absolute atomic E-state index is 0.00879. The van der Waals surface area contributed by atoms with Gasteiger partial charge in [-0.3, -0.25) is 14.6 Å². The highest BCUT2D eigenvalue weighted by Crippen LogP contribution is 2.33. The summed E-state index contributed by atoms with van der Waals surface area (Å²) in [5, 5.41) is 19.7. The molecule has 35 heavy (non-hydrogen) atoms. The van der Waals surface area contributed by atoms with Gasteiger partial charge in [0, 0.05) is 35.9 Å². The molecular weight excluding hydrogens is 462 g/mol. The Hall–Kier alpha value is -3.82. The highest BCUT2D eigenvalue weighted by atomic mass is 32.1. The van der Waals surface area contributed by atoms with Crippen molar-refractivity contribution in [2.45, 2.75) is 18.9 Å². The van der Waals surface area contributed by atoms with Crippen molar-refractivity contribution >= 4 is 28.8 Å². The Balaban J connectivity index is 1.18. The van der Waals surface area contributed by atoms with Gasteiger partial charge in [-0.25, -0.2) is 4.68 Å². The number of thiophene rings is 1. The Morgan fingerprint density at radius 3 is 2.51 bits per heavy atom. The molecule has 0 saturated carbocycles. The molecule has 178 valence electrons. The van der Waals surface area contributed by atoms with E-state index in [0.29, 0.717) is 29.9 Å². The molecule has 8 nitrogen and oxygen atoms in total. The molecule has 0 aliphatic carbocycles. The molecule has 1 fully saturated rings. The average Bonchev–Trinajstić information content (AvgIpc) is 3.61. The molecule has 1 aliphatic heterocycles. The van der Waals surface area contributed by atoms with E-state index in [1.165, 1.54) is 6.20 Å². The Bertz CT molecular complexity index is 1280. The van der Waals surface area contributed by atoms with Gasteiger partial charge in [-0.2, -0.15) is 5.10 Å². The van der Waals surface area contributed by atoms with Gasteiger partial charge in [0.15, 0.2) is 0 Å². The molecule has 4 heterocycles. The van der Waals surface area contributed by atoms with Crippen molar-refractivity contribution in [3.8, 4) is 5.69 Å². The van der Waals surface area contributed by atoms with Crippen LogP contribution in [0.4, 0.5) is 5.69 Å². The number of aliphatic hydroxyl groups is 1. The minimum atomic E-state index is -0.459. The van der Waals surface area contributed by atoms with Gasteiger partial charge in [-0.1, -0.05) is 6.07 Å². The Morgan fingerprint density at radius 2 is 1.83 bits per heavy atom. The fraction of sp³-hybridized carbons (Fsp3) is 0.231. The average molecular weight is 488 g/mol. The van der Waals surface area contributed by atoms with Gasteiger partial charge in [0.05, 0.1) is 35.4 Å². The van der Waals surface area contributed by atoms with E-state index in [4.69, 9.17) is 0 Å². The summed E-state index contributed by atoms with van der Waals surface area (Å²) in [5.74, 6) is -0.0940. The first-order chi connectivity index (χ1) is 17.1. The van der Waals surface area contributed by atoms with E-state index in [2.05, 4.69) is 15.4 Å². The summed E-state index contributed by atoms with van der Waals surface area (Å²) in [6.07, 6.45) is 7.51. The van der Waals surface area contributed by atoms with E-state index in [1.54, 1.807) is 58.9 Å². The van der Waals surface area contributed by atoms with Crippen LogP contribution in [-0.4, -0.2) is 49.7 Å². The Morgan fingerprint density at radius 1 is 1.03 bits per heavy atom. The number of piperidine rings is 1. The van der Waals surface area contributed by atoms with Crippen molar-refractivity contribution in [2.24, 2.45) is 5.92 Å². The predicted octanol–water partition coefficient (Wildman–Crippen LogP) is 4.17. The number of benzene rings is 1. The lowest BCUT2D eigenvalue weighted by atomic mass is 9.90. The third kappa shape index (κ3) is 5.16. The van der Waals surface area contributed by atoms with Gasteiger partial charge in [0.25, 0.3) is 11.8 Å². The quantitative estimate of drug-likeness (QED) is 0.425. The van der Waals surface area contributed by atoms with Gasteiger partial charge < -0.3 is 15.3 Å². The molecule has 4 aromatic rings. The molecule has 0 spiro atoms. The van der Waals surface area contributed by atoms with Crippen molar-refractivity contribution in [1.29, 1.82) is 0 Å². The molecule has 2 amide bonds. The Kier molecular flexibility index (Phi) is 6.69. The third-order valence-electron chi connectivity index (χ3n) is 6.25. The smallest absolute Gasteiger partial charge is 0.257 e. The van der Waals surface area contributed by atoms with E-state index in [0.717, 1.165) is 23.4 Å². The maximum Gasteiger partial charge on any atom is 0.257 e. The number of aliphatic hydroxyl groups excluding tert-OH is 1. The number of amides is 2. The first-order valence-corrected chi connectivity index (χ1v) is 12.3. The fourth-order valence-electron chi connectivity index (χ4n) is 4.28. The van der Waals surface area contributed by atoms with Crippen LogP contribution in [-0.2, 0) is 0 Å². The molecule has 1 saturated heterocycles. The molecule has 5 rings (SSSR count).